The van der Waals surface area contributed by atoms with Crippen LogP contribution in [-0.4, -0.2) is 16.1 Å². The largest absolute Gasteiger partial charge is 0.476 e. The Labute approximate surface area is 81.1 Å². The molecule has 0 aliphatic heterocycles. The van der Waals surface area contributed by atoms with Crippen molar-refractivity contribution < 1.29 is 23.1 Å². The molecule has 0 amide bonds. The molecule has 0 aliphatic rings. The summed E-state index contributed by atoms with van der Waals surface area (Å²) in [5.41, 5.74) is -1.79. The lowest BCUT2D eigenvalue weighted by Crippen LogP contribution is -2.06. The summed E-state index contributed by atoms with van der Waals surface area (Å²) in [6, 6.07) is 0.402. The fraction of sp³-hybridized carbons (Fsp3) is 0.143. The molecule has 0 aromatic carbocycles. The number of aromatic nitrogens is 1. The molecule has 76 valence electrons. The normalized spacial score (nSPS) is 10.6. The van der Waals surface area contributed by atoms with E-state index in [0.717, 1.165) is 0 Å². The minimum Gasteiger partial charge on any atom is -0.476 e. The molecule has 0 saturated heterocycles. The molecule has 0 bridgehead atoms. The first-order valence-corrected chi connectivity index (χ1v) is 3.68. The van der Waals surface area contributed by atoms with Crippen LogP contribution in [-0.2, 0) is 0 Å². The summed E-state index contributed by atoms with van der Waals surface area (Å²) < 4.78 is 36.9. The molecule has 1 aromatic heterocycles. The quantitative estimate of drug-likeness (QED) is 0.787. The van der Waals surface area contributed by atoms with Crippen LogP contribution in [0.1, 0.15) is 22.5 Å². The van der Waals surface area contributed by atoms with E-state index < -0.39 is 34.6 Å². The van der Waals surface area contributed by atoms with E-state index in [0.29, 0.717) is 6.07 Å². The summed E-state index contributed by atoms with van der Waals surface area (Å²) in [4.78, 5) is 13.3. The molecule has 0 atom stereocenters. The maximum Gasteiger partial charge on any atom is 0.356 e. The van der Waals surface area contributed by atoms with Crippen molar-refractivity contribution in [1.82, 2.24) is 4.98 Å². The van der Waals surface area contributed by atoms with Gasteiger partial charge in [0.05, 0.1) is 5.02 Å². The van der Waals surface area contributed by atoms with Crippen LogP contribution in [0.15, 0.2) is 6.07 Å². The number of aromatic carboxylic acids is 1. The SMILES string of the molecule is O=C(O)c1nc(F)cc(C(F)F)c1Cl. The van der Waals surface area contributed by atoms with E-state index in [-0.39, 0.29) is 0 Å². The van der Waals surface area contributed by atoms with Crippen LogP contribution >= 0.6 is 11.6 Å². The summed E-state index contributed by atoms with van der Waals surface area (Å²) in [6.45, 7) is 0. The Bertz CT molecular complexity index is 383. The maximum absolute atomic E-state index is 12.6. The van der Waals surface area contributed by atoms with Crippen molar-refractivity contribution in [2.24, 2.45) is 0 Å². The molecule has 3 nitrogen and oxygen atoms in total. The van der Waals surface area contributed by atoms with Crippen LogP contribution in [0.2, 0.25) is 5.02 Å². The Hall–Kier alpha value is -1.30. The van der Waals surface area contributed by atoms with E-state index in [2.05, 4.69) is 4.98 Å². The molecule has 14 heavy (non-hydrogen) atoms. The lowest BCUT2D eigenvalue weighted by Gasteiger charge is -2.04. The van der Waals surface area contributed by atoms with Gasteiger partial charge >= 0.3 is 5.97 Å². The second kappa shape index (κ2) is 3.83. The first-order chi connectivity index (χ1) is 6.43. The third-order valence-corrected chi connectivity index (χ3v) is 1.79. The van der Waals surface area contributed by atoms with Crippen molar-refractivity contribution in [3.63, 3.8) is 0 Å². The molecule has 0 aliphatic carbocycles. The van der Waals surface area contributed by atoms with Gasteiger partial charge in [-0.1, -0.05) is 11.6 Å². The Morgan fingerprint density at radius 2 is 2.14 bits per heavy atom. The molecule has 0 unspecified atom stereocenters. The lowest BCUT2D eigenvalue weighted by molar-refractivity contribution is 0.0688. The van der Waals surface area contributed by atoms with Crippen LogP contribution in [0, 0.1) is 5.95 Å². The minimum absolute atomic E-state index is 0.402. The van der Waals surface area contributed by atoms with Gasteiger partial charge in [-0.3, -0.25) is 0 Å². The third kappa shape index (κ3) is 1.95. The molecular formula is C7H3ClF3NO2. The number of carboxylic acid groups (broad SMARTS) is 1. The summed E-state index contributed by atoms with van der Waals surface area (Å²) in [7, 11) is 0. The number of hydrogen-bond donors (Lipinski definition) is 1. The van der Waals surface area contributed by atoms with Crippen molar-refractivity contribution in [3.8, 4) is 0 Å². The lowest BCUT2D eigenvalue weighted by atomic mass is 10.2. The highest BCUT2D eigenvalue weighted by atomic mass is 35.5. The molecule has 0 saturated carbocycles. The van der Waals surface area contributed by atoms with Crippen molar-refractivity contribution in [1.29, 1.82) is 0 Å². The fourth-order valence-corrected chi connectivity index (χ4v) is 1.08. The van der Waals surface area contributed by atoms with Crippen LogP contribution in [0.25, 0.3) is 0 Å². The number of hydrogen-bond acceptors (Lipinski definition) is 2. The van der Waals surface area contributed by atoms with E-state index in [9.17, 15) is 18.0 Å². The van der Waals surface area contributed by atoms with Gasteiger partial charge in [0.1, 0.15) is 0 Å². The van der Waals surface area contributed by atoms with Gasteiger partial charge in [-0.2, -0.15) is 4.39 Å². The molecule has 0 fully saturated rings. The van der Waals surface area contributed by atoms with E-state index in [1.807, 2.05) is 0 Å². The monoisotopic (exact) mass is 225 g/mol. The van der Waals surface area contributed by atoms with Crippen LogP contribution in [0.4, 0.5) is 13.2 Å². The Morgan fingerprint density at radius 3 is 2.57 bits per heavy atom. The highest BCUT2D eigenvalue weighted by Gasteiger charge is 2.21. The van der Waals surface area contributed by atoms with Crippen molar-refractivity contribution in [2.75, 3.05) is 0 Å². The molecule has 1 heterocycles. The van der Waals surface area contributed by atoms with E-state index >= 15 is 0 Å². The standard InChI is InChI=1S/C7H3ClF3NO2/c8-4-2(6(10)11)1-3(9)12-5(4)7(13)14/h1,6H,(H,13,14). The topological polar surface area (TPSA) is 50.2 Å². The van der Waals surface area contributed by atoms with Crippen molar-refractivity contribution in [2.45, 2.75) is 6.43 Å². The van der Waals surface area contributed by atoms with Gasteiger partial charge in [0.2, 0.25) is 5.95 Å². The Balaban J connectivity index is 3.40. The average molecular weight is 226 g/mol. The molecule has 0 radical (unpaired) electrons. The number of halogens is 4. The van der Waals surface area contributed by atoms with Crippen LogP contribution < -0.4 is 0 Å². The maximum atomic E-state index is 12.6. The number of pyridine rings is 1. The average Bonchev–Trinajstić information content (AvgIpc) is 2.07. The minimum atomic E-state index is -3.04. The van der Waals surface area contributed by atoms with Gasteiger partial charge in [-0.15, -0.1) is 0 Å². The van der Waals surface area contributed by atoms with Gasteiger partial charge in [-0.05, 0) is 0 Å². The number of carboxylic acids is 1. The molecule has 1 N–H and O–H groups in total. The second-order valence-corrected chi connectivity index (χ2v) is 2.68. The zero-order valence-electron chi connectivity index (χ0n) is 6.47. The smallest absolute Gasteiger partial charge is 0.356 e. The summed E-state index contributed by atoms with van der Waals surface area (Å²) in [6.07, 6.45) is -3.04. The highest BCUT2D eigenvalue weighted by Crippen LogP contribution is 2.29. The first-order valence-electron chi connectivity index (χ1n) is 3.31. The van der Waals surface area contributed by atoms with E-state index in [4.69, 9.17) is 16.7 Å². The molecule has 1 aromatic rings. The van der Waals surface area contributed by atoms with Gasteiger partial charge in [0.15, 0.2) is 5.69 Å². The number of rotatable bonds is 2. The highest BCUT2D eigenvalue weighted by molar-refractivity contribution is 6.34. The Kier molecular flexibility index (Phi) is 2.95. The van der Waals surface area contributed by atoms with Crippen LogP contribution in [0.3, 0.4) is 0 Å². The zero-order chi connectivity index (χ0) is 10.9. The molecule has 1 rings (SSSR count). The van der Waals surface area contributed by atoms with Gasteiger partial charge in [0, 0.05) is 11.6 Å². The van der Waals surface area contributed by atoms with E-state index in [1.165, 1.54) is 0 Å². The molecule has 7 heteroatoms. The summed E-state index contributed by atoms with van der Waals surface area (Å²) in [5, 5.41) is 7.70. The van der Waals surface area contributed by atoms with Gasteiger partial charge in [0.25, 0.3) is 6.43 Å². The second-order valence-electron chi connectivity index (χ2n) is 2.30. The van der Waals surface area contributed by atoms with Crippen molar-refractivity contribution in [3.05, 3.63) is 28.3 Å². The predicted octanol–water partition coefficient (Wildman–Crippen LogP) is 2.51. The first kappa shape index (κ1) is 10.8. The fourth-order valence-electron chi connectivity index (χ4n) is 0.817. The predicted molar refractivity (Wildman–Crippen MR) is 41.1 cm³/mol. The van der Waals surface area contributed by atoms with Crippen molar-refractivity contribution >= 4 is 17.6 Å². The van der Waals surface area contributed by atoms with Gasteiger partial charge < -0.3 is 5.11 Å². The van der Waals surface area contributed by atoms with Crippen LogP contribution in [0.5, 0.6) is 0 Å². The molecular weight excluding hydrogens is 223 g/mol. The Morgan fingerprint density at radius 1 is 1.57 bits per heavy atom. The third-order valence-electron chi connectivity index (χ3n) is 1.39. The summed E-state index contributed by atoms with van der Waals surface area (Å²) >= 11 is 5.28. The number of alkyl halides is 2. The number of nitrogens with zero attached hydrogens (tertiary/aromatic N) is 1. The number of carbonyl (C=O) groups is 1. The summed E-state index contributed by atoms with van der Waals surface area (Å²) in [5.74, 6) is -2.96. The zero-order valence-corrected chi connectivity index (χ0v) is 7.23. The van der Waals surface area contributed by atoms with E-state index in [1.54, 1.807) is 0 Å². The van der Waals surface area contributed by atoms with Gasteiger partial charge in [-0.25, -0.2) is 18.6 Å². The molecule has 0 spiro atoms.